The maximum absolute atomic E-state index is 12.3. The molecule has 13 heavy (non-hydrogen) atoms. The van der Waals surface area contributed by atoms with Crippen molar-refractivity contribution in [2.75, 3.05) is 13.2 Å². The first-order valence-corrected chi connectivity index (χ1v) is 4.26. The number of ether oxygens (including phenoxy) is 1. The fraction of sp³-hybridized carbons (Fsp3) is 1.00. The molecule has 0 aromatic carbocycles. The van der Waals surface area contributed by atoms with Crippen molar-refractivity contribution in [2.24, 2.45) is 11.1 Å². The lowest BCUT2D eigenvalue weighted by Crippen LogP contribution is -2.52. The van der Waals surface area contributed by atoms with E-state index in [0.717, 1.165) is 0 Å². The van der Waals surface area contributed by atoms with Crippen LogP contribution < -0.4 is 5.73 Å². The van der Waals surface area contributed by atoms with Crippen LogP contribution in [0.4, 0.5) is 13.2 Å². The molecule has 0 radical (unpaired) electrons. The van der Waals surface area contributed by atoms with Gasteiger partial charge in [-0.3, -0.25) is 0 Å². The third-order valence-electron chi connectivity index (χ3n) is 2.74. The summed E-state index contributed by atoms with van der Waals surface area (Å²) in [6.07, 6.45) is -3.53. The van der Waals surface area contributed by atoms with Crippen LogP contribution in [0.1, 0.15) is 19.8 Å². The Morgan fingerprint density at radius 1 is 1.31 bits per heavy atom. The van der Waals surface area contributed by atoms with E-state index in [1.54, 1.807) is 6.92 Å². The lowest BCUT2D eigenvalue weighted by Gasteiger charge is -2.39. The molecule has 1 saturated heterocycles. The molecule has 0 amide bonds. The van der Waals surface area contributed by atoms with Crippen LogP contribution in [0.2, 0.25) is 0 Å². The minimum Gasteiger partial charge on any atom is -0.381 e. The second-order valence-corrected chi connectivity index (χ2v) is 3.79. The predicted molar refractivity (Wildman–Crippen MR) is 42.2 cm³/mol. The van der Waals surface area contributed by atoms with Crippen LogP contribution in [0, 0.1) is 5.41 Å². The molecule has 1 unspecified atom stereocenters. The van der Waals surface area contributed by atoms with Gasteiger partial charge in [0.05, 0.1) is 0 Å². The van der Waals surface area contributed by atoms with E-state index in [4.69, 9.17) is 10.5 Å². The van der Waals surface area contributed by atoms with Crippen molar-refractivity contribution in [2.45, 2.75) is 32.0 Å². The molecular formula is C8H14F3NO. The number of rotatable bonds is 1. The predicted octanol–water partition coefficient (Wildman–Crippen LogP) is 1.69. The number of halogens is 3. The van der Waals surface area contributed by atoms with Gasteiger partial charge < -0.3 is 10.5 Å². The van der Waals surface area contributed by atoms with Gasteiger partial charge in [0, 0.05) is 13.2 Å². The zero-order valence-corrected chi connectivity index (χ0v) is 7.53. The third-order valence-corrected chi connectivity index (χ3v) is 2.74. The summed E-state index contributed by atoms with van der Waals surface area (Å²) in [5.74, 6) is 0. The Hall–Kier alpha value is -0.290. The molecular weight excluding hydrogens is 183 g/mol. The molecule has 0 spiro atoms. The Balaban J connectivity index is 2.67. The summed E-state index contributed by atoms with van der Waals surface area (Å²) >= 11 is 0. The molecule has 1 aliphatic rings. The molecule has 0 saturated carbocycles. The Kier molecular flexibility index (Phi) is 2.87. The molecule has 2 N–H and O–H groups in total. The van der Waals surface area contributed by atoms with E-state index in [1.165, 1.54) is 0 Å². The summed E-state index contributed by atoms with van der Waals surface area (Å²) in [6.45, 7) is 2.33. The van der Waals surface area contributed by atoms with Gasteiger partial charge in [0.15, 0.2) is 0 Å². The molecule has 1 fully saturated rings. The molecule has 0 aromatic rings. The summed E-state index contributed by atoms with van der Waals surface area (Å²) < 4.78 is 41.9. The zero-order valence-electron chi connectivity index (χ0n) is 7.53. The van der Waals surface area contributed by atoms with Crippen molar-refractivity contribution < 1.29 is 17.9 Å². The number of alkyl halides is 3. The lowest BCUT2D eigenvalue weighted by molar-refractivity contribution is -0.182. The van der Waals surface area contributed by atoms with Crippen LogP contribution in [-0.4, -0.2) is 25.4 Å². The SMILES string of the molecule is CC1(C(N)C(F)(F)F)CCOCC1. The van der Waals surface area contributed by atoms with E-state index in [1.807, 2.05) is 0 Å². The zero-order chi connectivity index (χ0) is 10.1. The summed E-state index contributed by atoms with van der Waals surface area (Å²) in [7, 11) is 0. The molecule has 1 heterocycles. The average molecular weight is 197 g/mol. The molecule has 2 nitrogen and oxygen atoms in total. The van der Waals surface area contributed by atoms with E-state index >= 15 is 0 Å². The minimum atomic E-state index is -4.30. The highest BCUT2D eigenvalue weighted by atomic mass is 19.4. The van der Waals surface area contributed by atoms with Crippen molar-refractivity contribution in [3.63, 3.8) is 0 Å². The smallest absolute Gasteiger partial charge is 0.381 e. The Labute approximate surface area is 75.2 Å². The highest BCUT2D eigenvalue weighted by molar-refractivity contribution is 4.91. The second-order valence-electron chi connectivity index (χ2n) is 3.79. The van der Waals surface area contributed by atoms with Crippen molar-refractivity contribution in [3.8, 4) is 0 Å². The normalized spacial score (nSPS) is 25.6. The van der Waals surface area contributed by atoms with Crippen LogP contribution in [0.3, 0.4) is 0 Å². The molecule has 0 aliphatic carbocycles. The maximum Gasteiger partial charge on any atom is 0.404 e. The first-order valence-electron chi connectivity index (χ1n) is 4.26. The number of hydrogen-bond acceptors (Lipinski definition) is 2. The van der Waals surface area contributed by atoms with Gasteiger partial charge in [-0.15, -0.1) is 0 Å². The fourth-order valence-electron chi connectivity index (χ4n) is 1.54. The summed E-state index contributed by atoms with van der Waals surface area (Å²) in [4.78, 5) is 0. The van der Waals surface area contributed by atoms with Crippen LogP contribution in [0.25, 0.3) is 0 Å². The van der Waals surface area contributed by atoms with E-state index in [-0.39, 0.29) is 0 Å². The van der Waals surface area contributed by atoms with Gasteiger partial charge in [0.25, 0.3) is 0 Å². The van der Waals surface area contributed by atoms with Crippen molar-refractivity contribution in [3.05, 3.63) is 0 Å². The van der Waals surface area contributed by atoms with Crippen LogP contribution >= 0.6 is 0 Å². The molecule has 1 rings (SSSR count). The monoisotopic (exact) mass is 197 g/mol. The quantitative estimate of drug-likeness (QED) is 0.694. The standard InChI is InChI=1S/C8H14F3NO/c1-7(2-4-13-5-3-7)6(12)8(9,10)11/h6H,2-5,12H2,1H3. The summed E-state index contributed by atoms with van der Waals surface area (Å²) in [6, 6.07) is -1.73. The molecule has 0 aromatic heterocycles. The van der Waals surface area contributed by atoms with Crippen LogP contribution in [-0.2, 0) is 4.74 Å². The highest BCUT2D eigenvalue weighted by Crippen LogP contribution is 2.39. The van der Waals surface area contributed by atoms with E-state index in [0.29, 0.717) is 26.1 Å². The van der Waals surface area contributed by atoms with Gasteiger partial charge in [-0.25, -0.2) is 0 Å². The molecule has 78 valence electrons. The second kappa shape index (κ2) is 3.46. The summed E-state index contributed by atoms with van der Waals surface area (Å²) in [5, 5.41) is 0. The number of hydrogen-bond donors (Lipinski definition) is 1. The Morgan fingerprint density at radius 3 is 2.15 bits per heavy atom. The van der Waals surface area contributed by atoms with Crippen molar-refractivity contribution >= 4 is 0 Å². The molecule has 0 bridgehead atoms. The minimum absolute atomic E-state index is 0.375. The van der Waals surface area contributed by atoms with Gasteiger partial charge in [-0.1, -0.05) is 6.92 Å². The molecule has 1 atom stereocenters. The van der Waals surface area contributed by atoms with Crippen molar-refractivity contribution in [1.29, 1.82) is 0 Å². The summed E-state index contributed by atoms with van der Waals surface area (Å²) in [5.41, 5.74) is 4.33. The molecule has 5 heteroatoms. The lowest BCUT2D eigenvalue weighted by atomic mass is 9.76. The van der Waals surface area contributed by atoms with E-state index in [2.05, 4.69) is 0 Å². The Bertz CT molecular complexity index is 175. The van der Waals surface area contributed by atoms with Gasteiger partial charge >= 0.3 is 6.18 Å². The average Bonchev–Trinajstić information content (AvgIpc) is 2.03. The number of nitrogens with two attached hydrogens (primary N) is 1. The van der Waals surface area contributed by atoms with E-state index < -0.39 is 17.6 Å². The largest absolute Gasteiger partial charge is 0.404 e. The van der Waals surface area contributed by atoms with E-state index in [9.17, 15) is 13.2 Å². The van der Waals surface area contributed by atoms with Gasteiger partial charge in [-0.2, -0.15) is 13.2 Å². The third kappa shape index (κ3) is 2.34. The topological polar surface area (TPSA) is 35.2 Å². The van der Waals surface area contributed by atoms with Gasteiger partial charge in [0.1, 0.15) is 6.04 Å². The van der Waals surface area contributed by atoms with Crippen LogP contribution in [0.15, 0.2) is 0 Å². The Morgan fingerprint density at radius 2 is 1.77 bits per heavy atom. The van der Waals surface area contributed by atoms with Crippen LogP contribution in [0.5, 0.6) is 0 Å². The first kappa shape index (κ1) is 10.8. The molecule has 1 aliphatic heterocycles. The maximum atomic E-state index is 12.3. The van der Waals surface area contributed by atoms with Gasteiger partial charge in [-0.05, 0) is 18.3 Å². The van der Waals surface area contributed by atoms with Gasteiger partial charge in [0.2, 0.25) is 0 Å². The highest BCUT2D eigenvalue weighted by Gasteiger charge is 2.49. The first-order chi connectivity index (χ1) is 5.86. The van der Waals surface area contributed by atoms with Crippen molar-refractivity contribution in [1.82, 2.24) is 0 Å². The fourth-order valence-corrected chi connectivity index (χ4v) is 1.54.